The van der Waals surface area contributed by atoms with Crippen molar-refractivity contribution in [2.45, 2.75) is 0 Å². The molecule has 0 fully saturated rings. The molecule has 0 heterocycles. The van der Waals surface area contributed by atoms with Gasteiger partial charge in [-0.2, -0.15) is 5.26 Å². The lowest BCUT2D eigenvalue weighted by molar-refractivity contribution is 0.628. The van der Waals surface area contributed by atoms with Crippen molar-refractivity contribution >= 4 is 23.0 Å². The fourth-order valence-electron chi connectivity index (χ4n) is 1.42. The van der Waals surface area contributed by atoms with Crippen LogP contribution in [0.25, 0.3) is 0 Å². The maximum Gasteiger partial charge on any atom is 0.125 e. The summed E-state index contributed by atoms with van der Waals surface area (Å²) in [5.74, 6) is -0.367. The standard InChI is InChI=1S/C13H8ClFN2/c14-12-5-4-10(15)7-13(12)17-11-3-1-2-9(6-11)8-16/h1-7,17H. The number of halogens is 2. The largest absolute Gasteiger partial charge is 0.354 e. The van der Waals surface area contributed by atoms with E-state index in [0.717, 1.165) is 0 Å². The number of rotatable bonds is 2. The lowest BCUT2D eigenvalue weighted by Gasteiger charge is -2.08. The molecule has 0 bridgehead atoms. The van der Waals surface area contributed by atoms with Crippen molar-refractivity contribution in [3.8, 4) is 6.07 Å². The zero-order chi connectivity index (χ0) is 12.3. The summed E-state index contributed by atoms with van der Waals surface area (Å²) in [6.07, 6.45) is 0. The Labute approximate surface area is 103 Å². The van der Waals surface area contributed by atoms with Gasteiger partial charge in [0, 0.05) is 5.69 Å². The summed E-state index contributed by atoms with van der Waals surface area (Å²) >= 11 is 5.93. The summed E-state index contributed by atoms with van der Waals surface area (Å²) < 4.78 is 13.0. The predicted octanol–water partition coefficient (Wildman–Crippen LogP) is 4.09. The Balaban J connectivity index is 2.31. The van der Waals surface area contributed by atoms with Gasteiger partial charge in [0.25, 0.3) is 0 Å². The third kappa shape index (κ3) is 2.74. The Morgan fingerprint density at radius 3 is 2.76 bits per heavy atom. The maximum absolute atomic E-state index is 13.0. The van der Waals surface area contributed by atoms with Crippen molar-refractivity contribution in [2.75, 3.05) is 5.32 Å². The van der Waals surface area contributed by atoms with E-state index in [1.165, 1.54) is 18.2 Å². The van der Waals surface area contributed by atoms with Crippen LogP contribution in [0, 0.1) is 17.1 Å². The minimum Gasteiger partial charge on any atom is -0.354 e. The minimum absolute atomic E-state index is 0.367. The van der Waals surface area contributed by atoms with Crippen molar-refractivity contribution in [2.24, 2.45) is 0 Å². The summed E-state index contributed by atoms with van der Waals surface area (Å²) in [5, 5.41) is 12.2. The van der Waals surface area contributed by atoms with E-state index in [0.29, 0.717) is 22.0 Å². The molecule has 0 aliphatic carbocycles. The molecule has 4 heteroatoms. The normalized spacial score (nSPS) is 9.71. The molecule has 2 rings (SSSR count). The van der Waals surface area contributed by atoms with Crippen LogP contribution < -0.4 is 5.32 Å². The van der Waals surface area contributed by atoms with Crippen LogP contribution in [0.3, 0.4) is 0 Å². The van der Waals surface area contributed by atoms with E-state index in [2.05, 4.69) is 5.32 Å². The molecule has 1 N–H and O–H groups in total. The van der Waals surface area contributed by atoms with Crippen molar-refractivity contribution < 1.29 is 4.39 Å². The molecule has 2 aromatic rings. The van der Waals surface area contributed by atoms with Crippen LogP contribution in [0.5, 0.6) is 0 Å². The highest BCUT2D eigenvalue weighted by molar-refractivity contribution is 6.33. The molecule has 0 atom stereocenters. The molecule has 2 aromatic carbocycles. The molecular formula is C13H8ClFN2. The van der Waals surface area contributed by atoms with E-state index in [4.69, 9.17) is 16.9 Å². The van der Waals surface area contributed by atoms with Gasteiger partial charge in [0.2, 0.25) is 0 Å². The van der Waals surface area contributed by atoms with Crippen LogP contribution in [-0.4, -0.2) is 0 Å². The zero-order valence-corrected chi connectivity index (χ0v) is 9.50. The Kier molecular flexibility index (Phi) is 3.27. The molecular weight excluding hydrogens is 239 g/mol. The summed E-state index contributed by atoms with van der Waals surface area (Å²) in [6, 6.07) is 13.0. The van der Waals surface area contributed by atoms with Gasteiger partial charge in [0.15, 0.2) is 0 Å². The second-order valence-corrected chi connectivity index (χ2v) is 3.85. The van der Waals surface area contributed by atoms with Crippen LogP contribution in [-0.2, 0) is 0 Å². The summed E-state index contributed by atoms with van der Waals surface area (Å²) in [5.41, 5.74) is 1.70. The summed E-state index contributed by atoms with van der Waals surface area (Å²) in [4.78, 5) is 0. The fourth-order valence-corrected chi connectivity index (χ4v) is 1.58. The SMILES string of the molecule is N#Cc1cccc(Nc2cc(F)ccc2Cl)c1. The van der Waals surface area contributed by atoms with Crippen LogP contribution in [0.2, 0.25) is 5.02 Å². The Morgan fingerprint density at radius 1 is 1.18 bits per heavy atom. The van der Waals surface area contributed by atoms with Crippen molar-refractivity contribution in [3.63, 3.8) is 0 Å². The fraction of sp³-hybridized carbons (Fsp3) is 0. The van der Waals surface area contributed by atoms with E-state index >= 15 is 0 Å². The number of nitrogens with one attached hydrogen (secondary N) is 1. The van der Waals surface area contributed by atoms with Crippen molar-refractivity contribution in [1.29, 1.82) is 5.26 Å². The first-order valence-electron chi connectivity index (χ1n) is 4.91. The van der Waals surface area contributed by atoms with Gasteiger partial charge < -0.3 is 5.32 Å². The van der Waals surface area contributed by atoms with Crippen LogP contribution >= 0.6 is 11.6 Å². The minimum atomic E-state index is -0.367. The molecule has 17 heavy (non-hydrogen) atoms. The number of hydrogen-bond donors (Lipinski definition) is 1. The Hall–Kier alpha value is -2.05. The van der Waals surface area contributed by atoms with Gasteiger partial charge in [-0.25, -0.2) is 4.39 Å². The Morgan fingerprint density at radius 2 is 2.00 bits per heavy atom. The van der Waals surface area contributed by atoms with Gasteiger partial charge in [-0.1, -0.05) is 17.7 Å². The quantitative estimate of drug-likeness (QED) is 0.866. The van der Waals surface area contributed by atoms with Crippen LogP contribution in [0.1, 0.15) is 5.56 Å². The molecule has 0 saturated heterocycles. The molecule has 84 valence electrons. The Bertz CT molecular complexity index is 590. The number of anilines is 2. The number of hydrogen-bond acceptors (Lipinski definition) is 2. The zero-order valence-electron chi connectivity index (χ0n) is 8.74. The van der Waals surface area contributed by atoms with E-state index in [9.17, 15) is 4.39 Å². The number of benzene rings is 2. The summed E-state index contributed by atoms with van der Waals surface area (Å²) in [6.45, 7) is 0. The van der Waals surface area contributed by atoms with Gasteiger partial charge in [-0.3, -0.25) is 0 Å². The van der Waals surface area contributed by atoms with Crippen molar-refractivity contribution in [1.82, 2.24) is 0 Å². The van der Waals surface area contributed by atoms with Gasteiger partial charge in [0.1, 0.15) is 5.82 Å². The lowest BCUT2D eigenvalue weighted by Crippen LogP contribution is -1.92. The van der Waals surface area contributed by atoms with E-state index < -0.39 is 0 Å². The van der Waals surface area contributed by atoms with Crippen LogP contribution in [0.4, 0.5) is 15.8 Å². The lowest BCUT2D eigenvalue weighted by atomic mass is 10.2. The molecule has 0 saturated carbocycles. The summed E-state index contributed by atoms with van der Waals surface area (Å²) in [7, 11) is 0. The first-order valence-corrected chi connectivity index (χ1v) is 5.29. The average molecular weight is 247 g/mol. The molecule has 0 spiro atoms. The first-order chi connectivity index (χ1) is 8.19. The van der Waals surface area contributed by atoms with Gasteiger partial charge >= 0.3 is 0 Å². The monoisotopic (exact) mass is 246 g/mol. The smallest absolute Gasteiger partial charge is 0.125 e. The molecule has 0 aliphatic heterocycles. The van der Waals surface area contributed by atoms with E-state index in [-0.39, 0.29) is 5.82 Å². The molecule has 0 amide bonds. The molecule has 0 radical (unpaired) electrons. The number of nitriles is 1. The van der Waals surface area contributed by atoms with Crippen LogP contribution in [0.15, 0.2) is 42.5 Å². The predicted molar refractivity (Wildman–Crippen MR) is 65.8 cm³/mol. The second kappa shape index (κ2) is 4.86. The second-order valence-electron chi connectivity index (χ2n) is 3.44. The highest BCUT2D eigenvalue weighted by Gasteiger charge is 2.03. The first kappa shape index (κ1) is 11.4. The number of nitrogens with zero attached hydrogens (tertiary/aromatic N) is 1. The third-order valence-corrected chi connectivity index (χ3v) is 2.53. The van der Waals surface area contributed by atoms with E-state index in [1.54, 1.807) is 24.3 Å². The highest BCUT2D eigenvalue weighted by atomic mass is 35.5. The highest BCUT2D eigenvalue weighted by Crippen LogP contribution is 2.26. The topological polar surface area (TPSA) is 35.8 Å². The van der Waals surface area contributed by atoms with Gasteiger partial charge in [-0.05, 0) is 36.4 Å². The molecule has 0 unspecified atom stereocenters. The molecule has 0 aliphatic rings. The molecule has 2 nitrogen and oxygen atoms in total. The van der Waals surface area contributed by atoms with Gasteiger partial charge in [0.05, 0.1) is 22.3 Å². The maximum atomic E-state index is 13.0. The van der Waals surface area contributed by atoms with Gasteiger partial charge in [-0.15, -0.1) is 0 Å². The molecule has 0 aromatic heterocycles. The third-order valence-electron chi connectivity index (χ3n) is 2.20. The van der Waals surface area contributed by atoms with E-state index in [1.807, 2.05) is 6.07 Å². The van der Waals surface area contributed by atoms with Crippen molar-refractivity contribution in [3.05, 3.63) is 58.9 Å². The average Bonchev–Trinajstić information content (AvgIpc) is 2.34.